The maximum Gasteiger partial charge on any atom is 0.161 e. The van der Waals surface area contributed by atoms with Gasteiger partial charge in [0.1, 0.15) is 12.1 Å². The maximum atomic E-state index is 6.38. The third kappa shape index (κ3) is 4.60. The van der Waals surface area contributed by atoms with Crippen molar-refractivity contribution >= 4 is 17.4 Å². The van der Waals surface area contributed by atoms with Crippen molar-refractivity contribution in [1.29, 1.82) is 0 Å². The van der Waals surface area contributed by atoms with Crippen LogP contribution in [0.5, 0.6) is 11.5 Å². The number of anilines is 1. The fourth-order valence-corrected chi connectivity index (χ4v) is 3.29. The summed E-state index contributed by atoms with van der Waals surface area (Å²) in [6, 6.07) is 13.4. The molecule has 7 heteroatoms. The van der Waals surface area contributed by atoms with Crippen molar-refractivity contribution < 1.29 is 9.47 Å². The number of hydrogen-bond donors (Lipinski definition) is 2. The Hall–Kier alpha value is -2.83. The first-order valence-electron chi connectivity index (χ1n) is 9.58. The molecule has 150 valence electrons. The van der Waals surface area contributed by atoms with Gasteiger partial charge in [0.15, 0.2) is 11.5 Å². The minimum Gasteiger partial charge on any atom is -0.490 e. The van der Waals surface area contributed by atoms with Gasteiger partial charge < -0.3 is 20.5 Å². The van der Waals surface area contributed by atoms with Gasteiger partial charge in [0.2, 0.25) is 0 Å². The molecule has 0 saturated carbocycles. The second kappa shape index (κ2) is 8.68. The van der Waals surface area contributed by atoms with Crippen LogP contribution in [0.15, 0.2) is 48.8 Å². The van der Waals surface area contributed by atoms with E-state index in [9.17, 15) is 0 Å². The molecular weight excluding hydrogens is 388 g/mol. The maximum absolute atomic E-state index is 6.38. The first-order chi connectivity index (χ1) is 14.1. The number of hydrogen-bond acceptors (Lipinski definition) is 6. The minimum atomic E-state index is -0.223. The summed E-state index contributed by atoms with van der Waals surface area (Å²) >= 11 is 6.24. The molecule has 2 aromatic carbocycles. The zero-order valence-electron chi connectivity index (χ0n) is 16.2. The van der Waals surface area contributed by atoms with Gasteiger partial charge in [-0.15, -0.1) is 0 Å². The van der Waals surface area contributed by atoms with Gasteiger partial charge in [0, 0.05) is 35.7 Å². The third-order valence-corrected chi connectivity index (χ3v) is 5.24. The number of benzene rings is 2. The highest BCUT2D eigenvalue weighted by Gasteiger charge is 2.14. The van der Waals surface area contributed by atoms with Crippen LogP contribution in [-0.4, -0.2) is 29.7 Å². The summed E-state index contributed by atoms with van der Waals surface area (Å²) in [5, 5.41) is 4.01. The Kier molecular flexibility index (Phi) is 5.83. The summed E-state index contributed by atoms with van der Waals surface area (Å²) in [6.07, 6.45) is 2.41. The molecule has 1 aromatic heterocycles. The van der Waals surface area contributed by atoms with Crippen molar-refractivity contribution in [3.63, 3.8) is 0 Å². The molecule has 1 atom stereocenters. The van der Waals surface area contributed by atoms with Gasteiger partial charge in [0.05, 0.1) is 18.9 Å². The van der Waals surface area contributed by atoms with Gasteiger partial charge in [-0.1, -0.05) is 29.8 Å². The SMILES string of the molecule is Cc1ccc(-c2cc(NC[C@H](N)c3ccc4c(c3)OCCCO4)ncn2)cc1Cl. The van der Waals surface area contributed by atoms with Crippen molar-refractivity contribution in [2.45, 2.75) is 19.4 Å². The number of aromatic nitrogens is 2. The lowest BCUT2D eigenvalue weighted by molar-refractivity contribution is 0.297. The molecule has 0 radical (unpaired) electrons. The van der Waals surface area contributed by atoms with Gasteiger partial charge in [-0.05, 0) is 36.2 Å². The van der Waals surface area contributed by atoms with Crippen molar-refractivity contribution in [1.82, 2.24) is 9.97 Å². The Balaban J connectivity index is 1.45. The summed E-state index contributed by atoms with van der Waals surface area (Å²) in [4.78, 5) is 8.65. The zero-order chi connectivity index (χ0) is 20.2. The number of fused-ring (bicyclic) bond motifs is 1. The average molecular weight is 411 g/mol. The molecule has 0 unspecified atom stereocenters. The number of halogens is 1. The van der Waals surface area contributed by atoms with E-state index in [2.05, 4.69) is 15.3 Å². The second-order valence-electron chi connectivity index (χ2n) is 7.00. The lowest BCUT2D eigenvalue weighted by atomic mass is 10.1. The highest BCUT2D eigenvalue weighted by Crippen LogP contribution is 2.32. The highest BCUT2D eigenvalue weighted by molar-refractivity contribution is 6.31. The monoisotopic (exact) mass is 410 g/mol. The average Bonchev–Trinajstić information content (AvgIpc) is 2.99. The summed E-state index contributed by atoms with van der Waals surface area (Å²) in [5.74, 6) is 2.22. The summed E-state index contributed by atoms with van der Waals surface area (Å²) < 4.78 is 11.4. The van der Waals surface area contributed by atoms with E-state index in [0.29, 0.717) is 30.6 Å². The van der Waals surface area contributed by atoms with Crippen LogP contribution in [0.4, 0.5) is 5.82 Å². The van der Waals surface area contributed by atoms with E-state index >= 15 is 0 Å². The largest absolute Gasteiger partial charge is 0.490 e. The van der Waals surface area contributed by atoms with Gasteiger partial charge in [0.25, 0.3) is 0 Å². The number of nitrogens with two attached hydrogens (primary N) is 1. The molecule has 2 heterocycles. The lowest BCUT2D eigenvalue weighted by Gasteiger charge is -2.16. The van der Waals surface area contributed by atoms with E-state index in [1.807, 2.05) is 49.4 Å². The standard InChI is InChI=1S/C22H23ClN4O2/c1-14-3-4-16(9-17(14)23)19-11-22(27-13-26-19)25-12-18(24)15-5-6-20-21(10-15)29-8-2-7-28-20/h3-6,9-11,13,18H,2,7-8,12,24H2,1H3,(H,25,26,27)/t18-/m0/s1. The Bertz CT molecular complexity index is 1010. The van der Waals surface area contributed by atoms with Gasteiger partial charge in [-0.25, -0.2) is 9.97 Å². The van der Waals surface area contributed by atoms with Crippen LogP contribution in [0.3, 0.4) is 0 Å². The highest BCUT2D eigenvalue weighted by atomic mass is 35.5. The Morgan fingerprint density at radius 1 is 1.07 bits per heavy atom. The first kappa shape index (κ1) is 19.5. The van der Waals surface area contributed by atoms with Crippen molar-refractivity contribution in [3.05, 3.63) is 64.9 Å². The van der Waals surface area contributed by atoms with Crippen LogP contribution < -0.4 is 20.5 Å². The fourth-order valence-electron chi connectivity index (χ4n) is 3.11. The topological polar surface area (TPSA) is 82.3 Å². The number of aryl methyl sites for hydroxylation is 1. The Labute approximate surface area is 175 Å². The van der Waals surface area contributed by atoms with Crippen molar-refractivity contribution in [2.75, 3.05) is 25.1 Å². The number of nitrogens with zero attached hydrogens (tertiary/aromatic N) is 2. The molecule has 0 saturated heterocycles. The molecular formula is C22H23ClN4O2. The molecule has 0 aliphatic carbocycles. The molecule has 0 amide bonds. The predicted molar refractivity (Wildman–Crippen MR) is 115 cm³/mol. The minimum absolute atomic E-state index is 0.223. The Morgan fingerprint density at radius 2 is 1.90 bits per heavy atom. The van der Waals surface area contributed by atoms with Crippen LogP contribution in [0.25, 0.3) is 11.3 Å². The van der Waals surface area contributed by atoms with Crippen LogP contribution in [0, 0.1) is 6.92 Å². The van der Waals surface area contributed by atoms with E-state index in [1.165, 1.54) is 6.33 Å². The quantitative estimate of drug-likeness (QED) is 0.649. The normalized spacial score (nSPS) is 14.2. The lowest BCUT2D eigenvalue weighted by Crippen LogP contribution is -2.21. The van der Waals surface area contributed by atoms with Gasteiger partial charge in [-0.3, -0.25) is 0 Å². The molecule has 4 rings (SSSR count). The Morgan fingerprint density at radius 3 is 2.72 bits per heavy atom. The van der Waals surface area contributed by atoms with E-state index in [0.717, 1.165) is 40.3 Å². The van der Waals surface area contributed by atoms with Gasteiger partial charge >= 0.3 is 0 Å². The fraction of sp³-hybridized carbons (Fsp3) is 0.273. The molecule has 3 aromatic rings. The summed E-state index contributed by atoms with van der Waals surface area (Å²) in [7, 11) is 0. The smallest absolute Gasteiger partial charge is 0.161 e. The summed E-state index contributed by atoms with van der Waals surface area (Å²) in [6.45, 7) is 3.81. The van der Waals surface area contributed by atoms with Crippen molar-refractivity contribution in [2.24, 2.45) is 5.73 Å². The van der Waals surface area contributed by atoms with Crippen LogP contribution in [-0.2, 0) is 0 Å². The third-order valence-electron chi connectivity index (χ3n) is 4.84. The van der Waals surface area contributed by atoms with E-state index in [1.54, 1.807) is 0 Å². The molecule has 1 aliphatic rings. The first-order valence-corrected chi connectivity index (χ1v) is 9.95. The van der Waals surface area contributed by atoms with Crippen LogP contribution >= 0.6 is 11.6 Å². The molecule has 0 spiro atoms. The molecule has 1 aliphatic heterocycles. The van der Waals surface area contributed by atoms with E-state index < -0.39 is 0 Å². The van der Waals surface area contributed by atoms with Crippen molar-refractivity contribution in [3.8, 4) is 22.8 Å². The van der Waals surface area contributed by atoms with Gasteiger partial charge in [-0.2, -0.15) is 0 Å². The zero-order valence-corrected chi connectivity index (χ0v) is 16.9. The second-order valence-corrected chi connectivity index (χ2v) is 7.40. The molecule has 29 heavy (non-hydrogen) atoms. The number of ether oxygens (including phenoxy) is 2. The van der Waals surface area contributed by atoms with E-state index in [4.69, 9.17) is 26.8 Å². The number of nitrogens with one attached hydrogen (secondary N) is 1. The van der Waals surface area contributed by atoms with E-state index in [-0.39, 0.29) is 6.04 Å². The van der Waals surface area contributed by atoms with Crippen LogP contribution in [0.1, 0.15) is 23.6 Å². The predicted octanol–water partition coefficient (Wildman–Crippen LogP) is 4.38. The summed E-state index contributed by atoms with van der Waals surface area (Å²) in [5.41, 5.74) is 10.1. The number of rotatable bonds is 5. The molecule has 0 bridgehead atoms. The molecule has 6 nitrogen and oxygen atoms in total. The van der Waals surface area contributed by atoms with Crippen LogP contribution in [0.2, 0.25) is 5.02 Å². The molecule has 0 fully saturated rings. The molecule has 3 N–H and O–H groups in total.